The van der Waals surface area contributed by atoms with Crippen LogP contribution in [0.4, 0.5) is 0 Å². The summed E-state index contributed by atoms with van der Waals surface area (Å²) in [5.74, 6) is 0.763. The molecule has 1 unspecified atom stereocenters. The number of carbonyl (C=O) groups excluding carboxylic acids is 1. The van der Waals surface area contributed by atoms with E-state index in [0.717, 1.165) is 32.6 Å². The van der Waals surface area contributed by atoms with Crippen LogP contribution in [0.2, 0.25) is 0 Å². The molecule has 0 bridgehead atoms. The Labute approximate surface area is 125 Å². The van der Waals surface area contributed by atoms with E-state index in [0.29, 0.717) is 16.7 Å². The highest BCUT2D eigenvalue weighted by atomic mass is 35.5. The van der Waals surface area contributed by atoms with Crippen LogP contribution in [0.25, 0.3) is 0 Å². The van der Waals surface area contributed by atoms with E-state index >= 15 is 0 Å². The van der Waals surface area contributed by atoms with Crippen LogP contribution in [0.3, 0.4) is 0 Å². The standard InChI is InChI=1S/C15H20N2O2.ClH/c1-19-13-5-3-2-4-12(13)14(18)17-9-7-15(11-17)6-8-16-10-15;/h2-5,16H,6-11H2,1H3;1H. The quantitative estimate of drug-likeness (QED) is 0.907. The van der Waals surface area contributed by atoms with Crippen molar-refractivity contribution >= 4 is 18.3 Å². The van der Waals surface area contributed by atoms with Crippen LogP contribution < -0.4 is 10.1 Å². The Kier molecular flexibility index (Phi) is 4.55. The predicted octanol–water partition coefficient (Wildman–Crippen LogP) is 1.94. The van der Waals surface area contributed by atoms with Crippen LogP contribution in [-0.4, -0.2) is 44.1 Å². The van der Waals surface area contributed by atoms with Gasteiger partial charge in [-0.1, -0.05) is 12.1 Å². The number of benzene rings is 1. The fraction of sp³-hybridized carbons (Fsp3) is 0.533. The van der Waals surface area contributed by atoms with Gasteiger partial charge in [0.15, 0.2) is 0 Å². The van der Waals surface area contributed by atoms with Crippen molar-refractivity contribution in [3.63, 3.8) is 0 Å². The molecule has 110 valence electrons. The van der Waals surface area contributed by atoms with Crippen molar-refractivity contribution in [2.45, 2.75) is 12.8 Å². The van der Waals surface area contributed by atoms with E-state index in [1.54, 1.807) is 7.11 Å². The molecule has 2 aliphatic heterocycles. The van der Waals surface area contributed by atoms with Crippen LogP contribution >= 0.6 is 12.4 Å². The minimum absolute atomic E-state index is 0. The summed E-state index contributed by atoms with van der Waals surface area (Å²) in [6.07, 6.45) is 2.30. The minimum Gasteiger partial charge on any atom is -0.496 e. The van der Waals surface area contributed by atoms with E-state index in [-0.39, 0.29) is 18.3 Å². The Morgan fingerprint density at radius 1 is 1.35 bits per heavy atom. The number of likely N-dealkylation sites (tertiary alicyclic amines) is 1. The maximum atomic E-state index is 12.6. The lowest BCUT2D eigenvalue weighted by atomic mass is 9.86. The van der Waals surface area contributed by atoms with E-state index in [1.165, 1.54) is 6.42 Å². The molecule has 2 fully saturated rings. The van der Waals surface area contributed by atoms with Crippen LogP contribution in [-0.2, 0) is 0 Å². The number of carbonyl (C=O) groups is 1. The number of rotatable bonds is 2. The second-order valence-corrected chi connectivity index (χ2v) is 5.60. The maximum Gasteiger partial charge on any atom is 0.257 e. The fourth-order valence-corrected chi connectivity index (χ4v) is 3.24. The van der Waals surface area contributed by atoms with E-state index in [9.17, 15) is 4.79 Å². The van der Waals surface area contributed by atoms with Gasteiger partial charge in [-0.3, -0.25) is 4.79 Å². The summed E-state index contributed by atoms with van der Waals surface area (Å²) < 4.78 is 5.28. The van der Waals surface area contributed by atoms with Gasteiger partial charge in [0.05, 0.1) is 12.7 Å². The number of ether oxygens (including phenoxy) is 1. The van der Waals surface area contributed by atoms with Gasteiger partial charge in [0, 0.05) is 25.0 Å². The number of halogens is 1. The zero-order valence-electron chi connectivity index (χ0n) is 11.7. The third kappa shape index (κ3) is 2.63. The largest absolute Gasteiger partial charge is 0.496 e. The molecule has 0 aromatic heterocycles. The first-order chi connectivity index (χ1) is 9.24. The first kappa shape index (κ1) is 15.1. The van der Waals surface area contributed by atoms with Gasteiger partial charge < -0.3 is 15.0 Å². The third-order valence-corrected chi connectivity index (χ3v) is 4.40. The van der Waals surface area contributed by atoms with Crippen LogP contribution in [0.15, 0.2) is 24.3 Å². The number of para-hydroxylation sites is 1. The number of methoxy groups -OCH3 is 1. The molecule has 1 aromatic rings. The molecule has 3 rings (SSSR count). The molecule has 20 heavy (non-hydrogen) atoms. The molecule has 1 amide bonds. The molecule has 1 spiro atoms. The van der Waals surface area contributed by atoms with Crippen LogP contribution in [0, 0.1) is 5.41 Å². The molecule has 1 aromatic carbocycles. The Morgan fingerprint density at radius 3 is 2.85 bits per heavy atom. The molecular weight excluding hydrogens is 276 g/mol. The molecule has 2 aliphatic rings. The highest BCUT2D eigenvalue weighted by Crippen LogP contribution is 2.37. The Hall–Kier alpha value is -1.26. The van der Waals surface area contributed by atoms with E-state index in [2.05, 4.69) is 5.32 Å². The summed E-state index contributed by atoms with van der Waals surface area (Å²) in [7, 11) is 1.61. The lowest BCUT2D eigenvalue weighted by molar-refractivity contribution is 0.0772. The van der Waals surface area contributed by atoms with Gasteiger partial charge in [0.2, 0.25) is 0 Å². The molecule has 0 aliphatic carbocycles. The van der Waals surface area contributed by atoms with Crippen LogP contribution in [0.5, 0.6) is 5.75 Å². The Morgan fingerprint density at radius 2 is 2.15 bits per heavy atom. The molecule has 1 atom stereocenters. The summed E-state index contributed by atoms with van der Waals surface area (Å²) in [5, 5.41) is 3.41. The van der Waals surface area contributed by atoms with E-state index < -0.39 is 0 Å². The van der Waals surface area contributed by atoms with Gasteiger partial charge in [-0.15, -0.1) is 12.4 Å². The SMILES string of the molecule is COc1ccccc1C(=O)N1CCC2(CCNC2)C1.Cl. The average molecular weight is 297 g/mol. The summed E-state index contributed by atoms with van der Waals surface area (Å²) in [6.45, 7) is 3.86. The van der Waals surface area contributed by atoms with Gasteiger partial charge in [-0.2, -0.15) is 0 Å². The first-order valence-corrected chi connectivity index (χ1v) is 6.87. The number of hydrogen-bond donors (Lipinski definition) is 1. The number of hydrogen-bond acceptors (Lipinski definition) is 3. The topological polar surface area (TPSA) is 41.6 Å². The van der Waals surface area contributed by atoms with Crippen molar-refractivity contribution in [3.8, 4) is 5.75 Å². The lowest BCUT2D eigenvalue weighted by Gasteiger charge is -2.23. The molecule has 0 radical (unpaired) electrons. The van der Waals surface area contributed by atoms with Gasteiger partial charge in [0.1, 0.15) is 5.75 Å². The highest BCUT2D eigenvalue weighted by Gasteiger charge is 2.42. The molecule has 2 saturated heterocycles. The molecule has 4 nitrogen and oxygen atoms in total. The Balaban J connectivity index is 0.00000147. The molecule has 2 heterocycles. The average Bonchev–Trinajstić information content (AvgIpc) is 3.09. The molecule has 1 N–H and O–H groups in total. The minimum atomic E-state index is 0. The van der Waals surface area contributed by atoms with Crippen molar-refractivity contribution < 1.29 is 9.53 Å². The summed E-state index contributed by atoms with van der Waals surface area (Å²) in [4.78, 5) is 14.6. The number of nitrogens with one attached hydrogen (secondary N) is 1. The summed E-state index contributed by atoms with van der Waals surface area (Å²) >= 11 is 0. The zero-order chi connectivity index (χ0) is 13.3. The highest BCUT2D eigenvalue weighted by molar-refractivity contribution is 5.97. The smallest absolute Gasteiger partial charge is 0.257 e. The number of nitrogens with zero attached hydrogens (tertiary/aromatic N) is 1. The van der Waals surface area contributed by atoms with Crippen molar-refractivity contribution in [1.82, 2.24) is 10.2 Å². The number of amides is 1. The second-order valence-electron chi connectivity index (χ2n) is 5.60. The molecule has 0 saturated carbocycles. The predicted molar refractivity (Wildman–Crippen MR) is 80.7 cm³/mol. The van der Waals surface area contributed by atoms with Crippen LogP contribution in [0.1, 0.15) is 23.2 Å². The van der Waals surface area contributed by atoms with Gasteiger partial charge in [-0.05, 0) is 31.5 Å². The molecule has 5 heteroatoms. The third-order valence-electron chi connectivity index (χ3n) is 4.40. The van der Waals surface area contributed by atoms with Gasteiger partial charge in [0.25, 0.3) is 5.91 Å². The van der Waals surface area contributed by atoms with Crippen molar-refractivity contribution in [3.05, 3.63) is 29.8 Å². The van der Waals surface area contributed by atoms with E-state index in [1.807, 2.05) is 29.2 Å². The fourth-order valence-electron chi connectivity index (χ4n) is 3.24. The van der Waals surface area contributed by atoms with Crippen molar-refractivity contribution in [2.75, 3.05) is 33.3 Å². The summed E-state index contributed by atoms with van der Waals surface area (Å²) in [5.41, 5.74) is 0.991. The first-order valence-electron chi connectivity index (χ1n) is 6.87. The monoisotopic (exact) mass is 296 g/mol. The maximum absolute atomic E-state index is 12.6. The second kappa shape index (κ2) is 6.02. The normalized spacial score (nSPS) is 24.8. The Bertz CT molecular complexity index is 487. The van der Waals surface area contributed by atoms with E-state index in [4.69, 9.17) is 4.74 Å². The zero-order valence-corrected chi connectivity index (χ0v) is 12.5. The van der Waals surface area contributed by atoms with Gasteiger partial charge in [-0.25, -0.2) is 0 Å². The molecular formula is C15H21ClN2O2. The van der Waals surface area contributed by atoms with Gasteiger partial charge >= 0.3 is 0 Å². The van der Waals surface area contributed by atoms with Crippen molar-refractivity contribution in [2.24, 2.45) is 5.41 Å². The summed E-state index contributed by atoms with van der Waals surface area (Å²) in [6, 6.07) is 7.47. The van der Waals surface area contributed by atoms with Crippen molar-refractivity contribution in [1.29, 1.82) is 0 Å². The lowest BCUT2D eigenvalue weighted by Crippen LogP contribution is -2.33.